The summed E-state index contributed by atoms with van der Waals surface area (Å²) in [7, 11) is 0. The van der Waals surface area contributed by atoms with E-state index in [0.29, 0.717) is 12.4 Å². The Morgan fingerprint density at radius 2 is 1.97 bits per heavy atom. The lowest BCUT2D eigenvalue weighted by molar-refractivity contribution is 0.0695. The Morgan fingerprint density at radius 1 is 1.11 bits per heavy atom. The van der Waals surface area contributed by atoms with E-state index in [0.717, 1.165) is 47.7 Å². The number of amides is 1. The first-order chi connectivity index (χ1) is 18.6. The van der Waals surface area contributed by atoms with Crippen molar-refractivity contribution in [2.75, 3.05) is 18.5 Å². The first kappa shape index (κ1) is 24.3. The van der Waals surface area contributed by atoms with Gasteiger partial charge in [-0.3, -0.25) is 9.69 Å². The molecular formula is C29H27N3O5S. The Hall–Kier alpha value is -4.08. The second kappa shape index (κ2) is 10.4. The topological polar surface area (TPSA) is 93.0 Å². The zero-order chi connectivity index (χ0) is 26.1. The van der Waals surface area contributed by atoms with Crippen LogP contribution in [-0.2, 0) is 19.5 Å². The van der Waals surface area contributed by atoms with Crippen LogP contribution in [-0.4, -0.2) is 29.9 Å². The van der Waals surface area contributed by atoms with Gasteiger partial charge in [0.25, 0.3) is 5.91 Å². The summed E-state index contributed by atoms with van der Waals surface area (Å²) in [6, 6.07) is 18.9. The van der Waals surface area contributed by atoms with E-state index in [9.17, 15) is 9.59 Å². The quantitative estimate of drug-likeness (QED) is 0.246. The van der Waals surface area contributed by atoms with Crippen LogP contribution >= 0.6 is 11.3 Å². The Balaban J connectivity index is 1.21. The van der Waals surface area contributed by atoms with Gasteiger partial charge in [-0.2, -0.15) is 0 Å². The number of anilines is 1. The molecule has 0 radical (unpaired) electrons. The summed E-state index contributed by atoms with van der Waals surface area (Å²) in [5.74, 6) is 0.111. The largest absolute Gasteiger partial charge is 0.490 e. The smallest absolute Gasteiger partial charge is 0.379 e. The van der Waals surface area contributed by atoms with Gasteiger partial charge in [0.05, 0.1) is 18.4 Å². The number of nitrogens with zero attached hydrogens (tertiary/aromatic N) is 1. The van der Waals surface area contributed by atoms with Gasteiger partial charge in [-0.25, -0.2) is 4.79 Å². The van der Waals surface area contributed by atoms with Gasteiger partial charge >= 0.3 is 5.97 Å². The molecule has 38 heavy (non-hydrogen) atoms. The van der Waals surface area contributed by atoms with E-state index in [-0.39, 0.29) is 17.4 Å². The van der Waals surface area contributed by atoms with Crippen LogP contribution in [0.15, 0.2) is 71.3 Å². The summed E-state index contributed by atoms with van der Waals surface area (Å²) in [5.41, 5.74) is 3.99. The van der Waals surface area contributed by atoms with Crippen LogP contribution in [0.2, 0.25) is 0 Å². The number of hydrogen-bond acceptors (Lipinski definition) is 8. The number of fused-ring (bicyclic) bond motifs is 3. The number of benzene rings is 2. The van der Waals surface area contributed by atoms with E-state index < -0.39 is 12.1 Å². The average Bonchev–Trinajstić information content (AvgIpc) is 3.59. The summed E-state index contributed by atoms with van der Waals surface area (Å²) < 4.78 is 16.4. The minimum atomic E-state index is -0.608. The molecule has 2 aromatic heterocycles. The summed E-state index contributed by atoms with van der Waals surface area (Å²) in [4.78, 5) is 29.3. The number of rotatable bonds is 7. The van der Waals surface area contributed by atoms with E-state index in [1.165, 1.54) is 22.8 Å². The molecule has 2 aliphatic heterocycles. The fourth-order valence-electron chi connectivity index (χ4n) is 4.91. The zero-order valence-electron chi connectivity index (χ0n) is 20.9. The molecule has 8 nitrogen and oxygen atoms in total. The lowest BCUT2D eigenvalue weighted by Crippen LogP contribution is -2.38. The summed E-state index contributed by atoms with van der Waals surface area (Å²) >= 11 is 1.65. The SMILES string of the molecule is CCOc1cc([C@H]2NC(=O)c3c(sc4c3CCN(Cc3ccccc3)C4)N2)ccc1OC(=O)c1ccco1. The van der Waals surface area contributed by atoms with Crippen molar-refractivity contribution >= 4 is 28.2 Å². The third-order valence-electron chi connectivity index (χ3n) is 6.69. The van der Waals surface area contributed by atoms with Crippen LogP contribution in [0.3, 0.4) is 0 Å². The minimum Gasteiger partial charge on any atom is -0.490 e. The lowest BCUT2D eigenvalue weighted by Gasteiger charge is -2.29. The van der Waals surface area contributed by atoms with Crippen LogP contribution < -0.4 is 20.1 Å². The van der Waals surface area contributed by atoms with Gasteiger partial charge in [-0.05, 0) is 54.3 Å². The molecule has 9 heteroatoms. The Kier molecular flexibility index (Phi) is 6.61. The van der Waals surface area contributed by atoms with E-state index in [1.807, 2.05) is 19.1 Å². The first-order valence-corrected chi connectivity index (χ1v) is 13.4. The maximum absolute atomic E-state index is 13.3. The molecule has 1 amide bonds. The second-order valence-corrected chi connectivity index (χ2v) is 10.3. The predicted molar refractivity (Wildman–Crippen MR) is 144 cm³/mol. The number of nitrogens with one attached hydrogen (secondary N) is 2. The molecule has 1 atom stereocenters. The molecule has 4 heterocycles. The number of thiophene rings is 1. The number of hydrogen-bond donors (Lipinski definition) is 2. The predicted octanol–water partition coefficient (Wildman–Crippen LogP) is 5.37. The van der Waals surface area contributed by atoms with Gasteiger partial charge < -0.3 is 24.5 Å². The molecule has 0 unspecified atom stereocenters. The average molecular weight is 530 g/mol. The Bertz CT molecular complexity index is 1470. The first-order valence-electron chi connectivity index (χ1n) is 12.6. The lowest BCUT2D eigenvalue weighted by atomic mass is 10.00. The van der Waals surface area contributed by atoms with Crippen molar-refractivity contribution in [2.24, 2.45) is 0 Å². The molecule has 6 rings (SSSR count). The van der Waals surface area contributed by atoms with E-state index in [1.54, 1.807) is 29.5 Å². The normalized spacial score (nSPS) is 16.7. The summed E-state index contributed by atoms with van der Waals surface area (Å²) in [5, 5.41) is 7.49. The monoisotopic (exact) mass is 529 g/mol. The standard InChI is InChI=1S/C29H27N3O5S/c1-2-35-23-15-19(10-11-21(23)37-29(34)22-9-6-14-36-22)26-30-27(33)25-20-12-13-32(16-18-7-4-3-5-8-18)17-24(20)38-28(25)31-26/h3-11,14-15,26,31H,2,12-13,16-17H2,1H3,(H,30,33)/t26-/m0/s1. The van der Waals surface area contributed by atoms with Crippen molar-refractivity contribution < 1.29 is 23.5 Å². The fraction of sp³-hybridized carbons (Fsp3) is 0.241. The molecular weight excluding hydrogens is 502 g/mol. The van der Waals surface area contributed by atoms with Gasteiger partial charge in [0.1, 0.15) is 11.2 Å². The van der Waals surface area contributed by atoms with Gasteiger partial charge in [-0.15, -0.1) is 11.3 Å². The van der Waals surface area contributed by atoms with Crippen LogP contribution in [0.4, 0.5) is 5.00 Å². The molecule has 2 N–H and O–H groups in total. The minimum absolute atomic E-state index is 0.0796. The Morgan fingerprint density at radius 3 is 2.76 bits per heavy atom. The number of ether oxygens (including phenoxy) is 2. The van der Waals surface area contributed by atoms with Gasteiger partial charge in [0.2, 0.25) is 5.76 Å². The van der Waals surface area contributed by atoms with Crippen LogP contribution in [0.5, 0.6) is 11.5 Å². The van der Waals surface area contributed by atoms with E-state index >= 15 is 0 Å². The zero-order valence-corrected chi connectivity index (χ0v) is 21.7. The molecule has 0 fully saturated rings. The number of esters is 1. The summed E-state index contributed by atoms with van der Waals surface area (Å²) in [6.07, 6.45) is 1.82. The number of carbonyl (C=O) groups excluding carboxylic acids is 2. The third-order valence-corrected chi connectivity index (χ3v) is 7.84. The van der Waals surface area contributed by atoms with Crippen LogP contribution in [0.25, 0.3) is 0 Å². The molecule has 2 aromatic carbocycles. The highest BCUT2D eigenvalue weighted by atomic mass is 32.1. The molecule has 0 saturated carbocycles. The summed E-state index contributed by atoms with van der Waals surface area (Å²) in [6.45, 7) is 4.88. The van der Waals surface area contributed by atoms with E-state index in [2.05, 4.69) is 39.8 Å². The molecule has 4 aromatic rings. The van der Waals surface area contributed by atoms with Gasteiger partial charge in [0.15, 0.2) is 11.5 Å². The second-order valence-electron chi connectivity index (χ2n) is 9.21. The maximum Gasteiger partial charge on any atom is 0.379 e. The number of carbonyl (C=O) groups is 2. The molecule has 2 aliphatic rings. The van der Waals surface area contributed by atoms with Gasteiger partial charge in [0, 0.05) is 24.5 Å². The van der Waals surface area contributed by atoms with Crippen molar-refractivity contribution in [3.63, 3.8) is 0 Å². The highest BCUT2D eigenvalue weighted by molar-refractivity contribution is 7.16. The third kappa shape index (κ3) is 4.78. The van der Waals surface area contributed by atoms with Crippen LogP contribution in [0.1, 0.15) is 55.6 Å². The van der Waals surface area contributed by atoms with Crippen molar-refractivity contribution in [2.45, 2.75) is 32.6 Å². The van der Waals surface area contributed by atoms with Crippen molar-refractivity contribution in [3.05, 3.63) is 99.8 Å². The van der Waals surface area contributed by atoms with Gasteiger partial charge in [-0.1, -0.05) is 36.4 Å². The molecule has 0 bridgehead atoms. The molecule has 0 saturated heterocycles. The highest BCUT2D eigenvalue weighted by Crippen LogP contribution is 2.42. The molecule has 0 spiro atoms. The fourth-order valence-corrected chi connectivity index (χ4v) is 6.23. The Labute approximate surface area is 224 Å². The highest BCUT2D eigenvalue weighted by Gasteiger charge is 2.33. The molecule has 194 valence electrons. The number of furan rings is 1. The van der Waals surface area contributed by atoms with E-state index in [4.69, 9.17) is 13.9 Å². The molecule has 0 aliphatic carbocycles. The van der Waals surface area contributed by atoms with Crippen molar-refractivity contribution in [3.8, 4) is 11.5 Å². The van der Waals surface area contributed by atoms with Crippen molar-refractivity contribution in [1.82, 2.24) is 10.2 Å². The van der Waals surface area contributed by atoms with Crippen LogP contribution in [0, 0.1) is 0 Å². The maximum atomic E-state index is 13.3. The van der Waals surface area contributed by atoms with Crippen molar-refractivity contribution in [1.29, 1.82) is 0 Å².